The Balaban J connectivity index is 3.66. The van der Waals surface area contributed by atoms with Crippen molar-refractivity contribution in [2.24, 2.45) is 5.92 Å². The maximum atomic E-state index is 10.5. The second kappa shape index (κ2) is 8.30. The van der Waals surface area contributed by atoms with Crippen molar-refractivity contribution in [3.05, 3.63) is 12.7 Å². The van der Waals surface area contributed by atoms with Crippen LogP contribution in [0.3, 0.4) is 0 Å². The van der Waals surface area contributed by atoms with Crippen LogP contribution in [-0.2, 0) is 9.53 Å². The Hall–Kier alpha value is -0.870. The number of aliphatic hydroxyl groups is 2. The Morgan fingerprint density at radius 3 is 2.62 bits per heavy atom. The zero-order valence-electron chi connectivity index (χ0n) is 10.1. The Bertz CT molecular complexity index is 215. The molecule has 0 radical (unpaired) electrons. The zero-order chi connectivity index (χ0) is 12.6. The Morgan fingerprint density at radius 1 is 1.50 bits per heavy atom. The average Bonchev–Trinajstić information content (AvgIpc) is 2.23. The van der Waals surface area contributed by atoms with E-state index < -0.39 is 12.2 Å². The topological polar surface area (TPSA) is 66.8 Å². The van der Waals surface area contributed by atoms with Crippen molar-refractivity contribution >= 4 is 5.97 Å². The van der Waals surface area contributed by atoms with Crippen LogP contribution >= 0.6 is 0 Å². The first-order valence-corrected chi connectivity index (χ1v) is 5.59. The normalized spacial score (nSPS) is 16.2. The van der Waals surface area contributed by atoms with Gasteiger partial charge in [-0.25, -0.2) is 0 Å². The van der Waals surface area contributed by atoms with E-state index >= 15 is 0 Å². The molecule has 4 nitrogen and oxygen atoms in total. The molecule has 16 heavy (non-hydrogen) atoms. The molecule has 0 heterocycles. The molecule has 0 aliphatic rings. The summed E-state index contributed by atoms with van der Waals surface area (Å²) in [6.07, 6.45) is 2.11. The van der Waals surface area contributed by atoms with Crippen LogP contribution in [0.1, 0.15) is 33.1 Å². The third kappa shape index (κ3) is 7.43. The molecule has 0 saturated heterocycles. The molecule has 3 unspecified atom stereocenters. The molecular weight excluding hydrogens is 208 g/mol. The minimum Gasteiger partial charge on any atom is -0.466 e. The third-order valence-corrected chi connectivity index (χ3v) is 2.49. The lowest BCUT2D eigenvalue weighted by atomic mass is 9.94. The highest BCUT2D eigenvalue weighted by molar-refractivity contribution is 5.65. The minimum absolute atomic E-state index is 0.00493. The van der Waals surface area contributed by atoms with Crippen molar-refractivity contribution in [3.8, 4) is 0 Å². The third-order valence-electron chi connectivity index (χ3n) is 2.49. The monoisotopic (exact) mass is 230 g/mol. The van der Waals surface area contributed by atoms with Crippen molar-refractivity contribution < 1.29 is 19.7 Å². The fourth-order valence-electron chi connectivity index (χ4n) is 1.43. The predicted octanol–water partition coefficient (Wildman–Crippen LogP) is 1.26. The lowest BCUT2D eigenvalue weighted by molar-refractivity contribution is -0.141. The zero-order valence-corrected chi connectivity index (χ0v) is 10.1. The molecule has 0 aromatic carbocycles. The van der Waals surface area contributed by atoms with Gasteiger partial charge in [-0.05, 0) is 25.2 Å². The largest absolute Gasteiger partial charge is 0.466 e. The first kappa shape index (κ1) is 15.1. The van der Waals surface area contributed by atoms with Crippen LogP contribution in [0.4, 0.5) is 0 Å². The van der Waals surface area contributed by atoms with Crippen molar-refractivity contribution in [1.82, 2.24) is 0 Å². The van der Waals surface area contributed by atoms with Gasteiger partial charge in [0.15, 0.2) is 0 Å². The van der Waals surface area contributed by atoms with Crippen LogP contribution in [-0.4, -0.2) is 35.0 Å². The second-order valence-corrected chi connectivity index (χ2v) is 4.07. The summed E-state index contributed by atoms with van der Waals surface area (Å²) in [6, 6.07) is 0. The van der Waals surface area contributed by atoms with Gasteiger partial charge in [-0.2, -0.15) is 0 Å². The molecular formula is C12H22O4. The van der Waals surface area contributed by atoms with Gasteiger partial charge >= 0.3 is 5.97 Å². The number of hydrogen-bond acceptors (Lipinski definition) is 4. The van der Waals surface area contributed by atoms with Crippen molar-refractivity contribution in [1.29, 1.82) is 0 Å². The summed E-state index contributed by atoms with van der Waals surface area (Å²) < 4.78 is 4.76. The summed E-state index contributed by atoms with van der Waals surface area (Å²) in [6.45, 7) is 7.05. The predicted molar refractivity (Wildman–Crippen MR) is 61.9 cm³/mol. The number of carbonyl (C=O) groups is 1. The van der Waals surface area contributed by atoms with Crippen molar-refractivity contribution in [2.45, 2.75) is 45.3 Å². The number of esters is 1. The highest BCUT2D eigenvalue weighted by Gasteiger charge is 2.16. The van der Waals surface area contributed by atoms with Crippen LogP contribution in [0.25, 0.3) is 0 Å². The Kier molecular flexibility index (Phi) is 7.85. The van der Waals surface area contributed by atoms with Gasteiger partial charge in [-0.15, -0.1) is 6.58 Å². The molecule has 4 heteroatoms. The molecule has 0 bridgehead atoms. The molecule has 0 aromatic heterocycles. The van der Waals surface area contributed by atoms with Crippen LogP contribution in [0.2, 0.25) is 0 Å². The van der Waals surface area contributed by atoms with Gasteiger partial charge in [-0.1, -0.05) is 13.0 Å². The van der Waals surface area contributed by atoms with E-state index in [9.17, 15) is 15.0 Å². The average molecular weight is 230 g/mol. The summed E-state index contributed by atoms with van der Waals surface area (Å²) in [7, 11) is 0. The molecule has 0 spiro atoms. The fraction of sp³-hybridized carbons (Fsp3) is 0.750. The smallest absolute Gasteiger partial charge is 0.302 e. The molecule has 0 aliphatic heterocycles. The van der Waals surface area contributed by atoms with E-state index in [4.69, 9.17) is 4.74 Å². The van der Waals surface area contributed by atoms with Gasteiger partial charge in [0.05, 0.1) is 18.8 Å². The van der Waals surface area contributed by atoms with Gasteiger partial charge in [0.2, 0.25) is 0 Å². The van der Waals surface area contributed by atoms with Gasteiger partial charge in [0.1, 0.15) is 0 Å². The molecule has 0 rings (SSSR count). The molecule has 0 aliphatic carbocycles. The fourth-order valence-corrected chi connectivity index (χ4v) is 1.43. The number of carbonyl (C=O) groups excluding carboxylic acids is 1. The highest BCUT2D eigenvalue weighted by Crippen LogP contribution is 2.15. The first-order chi connectivity index (χ1) is 7.47. The maximum Gasteiger partial charge on any atom is 0.302 e. The molecule has 3 atom stereocenters. The molecule has 0 saturated carbocycles. The molecule has 0 fully saturated rings. The van der Waals surface area contributed by atoms with Crippen LogP contribution in [0, 0.1) is 5.92 Å². The summed E-state index contributed by atoms with van der Waals surface area (Å²) in [5, 5.41) is 19.1. The maximum absolute atomic E-state index is 10.5. The van der Waals surface area contributed by atoms with Gasteiger partial charge in [-0.3, -0.25) is 4.79 Å². The summed E-state index contributed by atoms with van der Waals surface area (Å²) >= 11 is 0. The number of aliphatic hydroxyl groups excluding tert-OH is 2. The molecule has 2 N–H and O–H groups in total. The Labute approximate surface area is 96.9 Å². The molecule has 0 amide bonds. The SMILES string of the molecule is C=CC(O)CC(C)C(O)CCCOC(C)=O. The lowest BCUT2D eigenvalue weighted by Crippen LogP contribution is -2.22. The molecule has 94 valence electrons. The van der Waals surface area contributed by atoms with E-state index in [0.717, 1.165) is 0 Å². The highest BCUT2D eigenvalue weighted by atomic mass is 16.5. The number of ether oxygens (including phenoxy) is 1. The van der Waals surface area contributed by atoms with E-state index in [-0.39, 0.29) is 11.9 Å². The second-order valence-electron chi connectivity index (χ2n) is 4.07. The quantitative estimate of drug-likeness (QED) is 0.374. The number of rotatable bonds is 8. The standard InChI is InChI=1S/C12H22O4/c1-4-11(14)8-9(2)12(15)6-5-7-16-10(3)13/h4,9,11-12,14-15H,1,5-8H2,2-3H3. The Morgan fingerprint density at radius 2 is 2.12 bits per heavy atom. The van der Waals surface area contributed by atoms with Crippen molar-refractivity contribution in [2.75, 3.05) is 6.61 Å². The summed E-state index contributed by atoms with van der Waals surface area (Å²) in [5.41, 5.74) is 0. The van der Waals surface area contributed by atoms with Crippen LogP contribution in [0.5, 0.6) is 0 Å². The van der Waals surface area contributed by atoms with E-state index in [0.29, 0.717) is 25.9 Å². The van der Waals surface area contributed by atoms with Gasteiger partial charge < -0.3 is 14.9 Å². The summed E-state index contributed by atoms with van der Waals surface area (Å²) in [4.78, 5) is 10.5. The van der Waals surface area contributed by atoms with E-state index in [1.807, 2.05) is 6.92 Å². The van der Waals surface area contributed by atoms with E-state index in [1.165, 1.54) is 13.0 Å². The lowest BCUT2D eigenvalue weighted by Gasteiger charge is -2.20. The van der Waals surface area contributed by atoms with E-state index in [2.05, 4.69) is 6.58 Å². The van der Waals surface area contributed by atoms with Gasteiger partial charge in [0.25, 0.3) is 0 Å². The minimum atomic E-state index is -0.571. The van der Waals surface area contributed by atoms with E-state index in [1.54, 1.807) is 0 Å². The first-order valence-electron chi connectivity index (χ1n) is 5.59. The van der Waals surface area contributed by atoms with Crippen molar-refractivity contribution in [3.63, 3.8) is 0 Å². The van der Waals surface area contributed by atoms with Gasteiger partial charge in [0, 0.05) is 6.92 Å². The van der Waals surface area contributed by atoms with Crippen LogP contribution < -0.4 is 0 Å². The molecule has 0 aromatic rings. The number of hydrogen-bond donors (Lipinski definition) is 2. The summed E-state index contributed by atoms with van der Waals surface area (Å²) in [5.74, 6) is -0.296. The van der Waals surface area contributed by atoms with Crippen LogP contribution in [0.15, 0.2) is 12.7 Å².